The SMILES string of the molecule is CN=C(NCCCCCOC)N(C)Cc1ccc(Br)cc1. The molecule has 21 heavy (non-hydrogen) atoms. The molecule has 0 bridgehead atoms. The van der Waals surface area contributed by atoms with Crippen LogP contribution < -0.4 is 5.32 Å². The van der Waals surface area contributed by atoms with Gasteiger partial charge in [-0.25, -0.2) is 0 Å². The molecule has 0 saturated heterocycles. The summed E-state index contributed by atoms with van der Waals surface area (Å²) in [4.78, 5) is 6.47. The van der Waals surface area contributed by atoms with Crippen molar-refractivity contribution in [3.05, 3.63) is 34.3 Å². The Morgan fingerprint density at radius 2 is 1.95 bits per heavy atom. The van der Waals surface area contributed by atoms with Gasteiger partial charge < -0.3 is 15.0 Å². The molecule has 0 aliphatic heterocycles. The molecular formula is C16H26BrN3O. The Kier molecular flexibility index (Phi) is 9.10. The van der Waals surface area contributed by atoms with Crippen LogP contribution in [0.2, 0.25) is 0 Å². The highest BCUT2D eigenvalue weighted by atomic mass is 79.9. The van der Waals surface area contributed by atoms with Crippen molar-refractivity contribution in [3.63, 3.8) is 0 Å². The summed E-state index contributed by atoms with van der Waals surface area (Å²) in [6, 6.07) is 8.38. The Morgan fingerprint density at radius 3 is 2.57 bits per heavy atom. The third-order valence-electron chi connectivity index (χ3n) is 3.21. The molecule has 0 amide bonds. The molecule has 0 fully saturated rings. The third kappa shape index (κ3) is 7.48. The molecule has 0 radical (unpaired) electrons. The average molecular weight is 356 g/mol. The number of rotatable bonds is 8. The van der Waals surface area contributed by atoms with Gasteiger partial charge in [0.05, 0.1) is 0 Å². The van der Waals surface area contributed by atoms with Gasteiger partial charge in [0, 0.05) is 45.4 Å². The molecule has 1 aromatic rings. The first kappa shape index (κ1) is 18.0. The molecule has 118 valence electrons. The van der Waals surface area contributed by atoms with Crippen molar-refractivity contribution in [2.45, 2.75) is 25.8 Å². The zero-order valence-electron chi connectivity index (χ0n) is 13.2. The summed E-state index contributed by atoms with van der Waals surface area (Å²) in [5.41, 5.74) is 1.27. The second-order valence-corrected chi connectivity index (χ2v) is 5.93. The summed E-state index contributed by atoms with van der Waals surface area (Å²) >= 11 is 3.46. The zero-order valence-corrected chi connectivity index (χ0v) is 14.8. The smallest absolute Gasteiger partial charge is 0.193 e. The van der Waals surface area contributed by atoms with E-state index in [0.29, 0.717) is 0 Å². The predicted octanol–water partition coefficient (Wildman–Crippen LogP) is 3.27. The largest absolute Gasteiger partial charge is 0.385 e. The lowest BCUT2D eigenvalue weighted by molar-refractivity contribution is 0.192. The molecule has 5 heteroatoms. The fourth-order valence-corrected chi connectivity index (χ4v) is 2.34. The second-order valence-electron chi connectivity index (χ2n) is 5.01. The van der Waals surface area contributed by atoms with E-state index in [-0.39, 0.29) is 0 Å². The Balaban J connectivity index is 2.32. The number of hydrogen-bond donors (Lipinski definition) is 1. The van der Waals surface area contributed by atoms with Crippen LogP contribution in [0.4, 0.5) is 0 Å². The number of hydrogen-bond acceptors (Lipinski definition) is 2. The van der Waals surface area contributed by atoms with E-state index in [1.165, 1.54) is 12.0 Å². The number of guanidine groups is 1. The van der Waals surface area contributed by atoms with Crippen LogP contribution in [-0.2, 0) is 11.3 Å². The fourth-order valence-electron chi connectivity index (χ4n) is 2.07. The number of benzene rings is 1. The lowest BCUT2D eigenvalue weighted by atomic mass is 10.2. The van der Waals surface area contributed by atoms with Crippen LogP contribution in [0.3, 0.4) is 0 Å². The molecule has 0 saturated carbocycles. The van der Waals surface area contributed by atoms with Crippen LogP contribution in [0.25, 0.3) is 0 Å². The van der Waals surface area contributed by atoms with E-state index < -0.39 is 0 Å². The van der Waals surface area contributed by atoms with Gasteiger partial charge in [-0.3, -0.25) is 4.99 Å². The molecule has 0 aliphatic carbocycles. The minimum atomic E-state index is 0.844. The average Bonchev–Trinajstić information content (AvgIpc) is 2.49. The summed E-state index contributed by atoms with van der Waals surface area (Å²) in [6.45, 7) is 2.63. The predicted molar refractivity (Wildman–Crippen MR) is 92.7 cm³/mol. The topological polar surface area (TPSA) is 36.9 Å². The second kappa shape index (κ2) is 10.6. The summed E-state index contributed by atoms with van der Waals surface area (Å²) in [5, 5.41) is 3.40. The van der Waals surface area contributed by atoms with Crippen LogP contribution in [-0.4, -0.2) is 45.2 Å². The molecule has 1 N–H and O–H groups in total. The normalized spacial score (nSPS) is 11.5. The number of ether oxygens (including phenoxy) is 1. The summed E-state index contributed by atoms with van der Waals surface area (Å²) in [6.07, 6.45) is 3.42. The third-order valence-corrected chi connectivity index (χ3v) is 3.74. The Bertz CT molecular complexity index is 420. The van der Waals surface area contributed by atoms with E-state index in [2.05, 4.69) is 62.5 Å². The summed E-state index contributed by atoms with van der Waals surface area (Å²) < 4.78 is 6.15. The highest BCUT2D eigenvalue weighted by molar-refractivity contribution is 9.10. The number of methoxy groups -OCH3 is 1. The summed E-state index contributed by atoms with van der Waals surface area (Å²) in [5.74, 6) is 0.935. The van der Waals surface area contributed by atoms with Gasteiger partial charge in [-0.15, -0.1) is 0 Å². The van der Waals surface area contributed by atoms with Gasteiger partial charge in [0.1, 0.15) is 0 Å². The maximum absolute atomic E-state index is 5.05. The Morgan fingerprint density at radius 1 is 1.24 bits per heavy atom. The van der Waals surface area contributed by atoms with Gasteiger partial charge >= 0.3 is 0 Å². The molecule has 0 heterocycles. The van der Waals surface area contributed by atoms with E-state index in [1.54, 1.807) is 7.11 Å². The van der Waals surface area contributed by atoms with Gasteiger partial charge in [-0.1, -0.05) is 28.1 Å². The molecule has 0 aliphatic rings. The van der Waals surface area contributed by atoms with Gasteiger partial charge in [0.15, 0.2) is 5.96 Å². The Labute approximate surface area is 136 Å². The quantitative estimate of drug-likeness (QED) is 0.441. The first-order chi connectivity index (χ1) is 10.2. The molecule has 4 nitrogen and oxygen atoms in total. The van der Waals surface area contributed by atoms with Crippen molar-refractivity contribution in [3.8, 4) is 0 Å². The molecule has 0 atom stereocenters. The van der Waals surface area contributed by atoms with Gasteiger partial charge in [0.2, 0.25) is 0 Å². The Hall–Kier alpha value is -1.07. The van der Waals surface area contributed by atoms with Crippen LogP contribution >= 0.6 is 15.9 Å². The van der Waals surface area contributed by atoms with E-state index >= 15 is 0 Å². The van der Waals surface area contributed by atoms with Crippen LogP contribution in [0, 0.1) is 0 Å². The first-order valence-electron chi connectivity index (χ1n) is 7.32. The number of halogens is 1. The van der Waals surface area contributed by atoms with Crippen LogP contribution in [0.1, 0.15) is 24.8 Å². The monoisotopic (exact) mass is 355 g/mol. The zero-order chi connectivity index (χ0) is 15.5. The van der Waals surface area contributed by atoms with E-state index in [9.17, 15) is 0 Å². The van der Waals surface area contributed by atoms with Gasteiger partial charge in [-0.05, 0) is 37.0 Å². The van der Waals surface area contributed by atoms with Crippen LogP contribution in [0.5, 0.6) is 0 Å². The molecule has 1 aromatic carbocycles. The van der Waals surface area contributed by atoms with Gasteiger partial charge in [0.25, 0.3) is 0 Å². The minimum Gasteiger partial charge on any atom is -0.385 e. The fraction of sp³-hybridized carbons (Fsp3) is 0.562. The first-order valence-corrected chi connectivity index (χ1v) is 8.12. The van der Waals surface area contributed by atoms with Gasteiger partial charge in [-0.2, -0.15) is 0 Å². The van der Waals surface area contributed by atoms with Crippen molar-refractivity contribution in [1.29, 1.82) is 0 Å². The van der Waals surface area contributed by atoms with Crippen molar-refractivity contribution in [2.24, 2.45) is 4.99 Å². The molecule has 0 spiro atoms. The number of aliphatic imine (C=N–C) groups is 1. The van der Waals surface area contributed by atoms with Crippen molar-refractivity contribution in [1.82, 2.24) is 10.2 Å². The highest BCUT2D eigenvalue weighted by Gasteiger charge is 2.05. The molecule has 0 aromatic heterocycles. The number of unbranched alkanes of at least 4 members (excludes halogenated alkanes) is 2. The lowest BCUT2D eigenvalue weighted by Gasteiger charge is -2.22. The number of nitrogens with one attached hydrogen (secondary N) is 1. The van der Waals surface area contributed by atoms with Crippen molar-refractivity contribution >= 4 is 21.9 Å². The maximum atomic E-state index is 5.05. The van der Waals surface area contributed by atoms with E-state index in [1.807, 2.05) is 7.05 Å². The summed E-state index contributed by atoms with van der Waals surface area (Å²) in [7, 11) is 5.63. The number of nitrogens with zero attached hydrogens (tertiary/aromatic N) is 2. The maximum Gasteiger partial charge on any atom is 0.193 e. The van der Waals surface area contributed by atoms with Crippen molar-refractivity contribution in [2.75, 3.05) is 34.4 Å². The standard InChI is InChI=1S/C16H26BrN3O/c1-18-16(19-11-5-4-6-12-21-3)20(2)13-14-7-9-15(17)10-8-14/h7-10H,4-6,11-13H2,1-3H3,(H,18,19). The van der Waals surface area contributed by atoms with E-state index in [0.717, 1.165) is 43.0 Å². The van der Waals surface area contributed by atoms with Crippen LogP contribution in [0.15, 0.2) is 33.7 Å². The lowest BCUT2D eigenvalue weighted by Crippen LogP contribution is -2.38. The van der Waals surface area contributed by atoms with E-state index in [4.69, 9.17) is 4.74 Å². The van der Waals surface area contributed by atoms with Crippen molar-refractivity contribution < 1.29 is 4.74 Å². The molecular weight excluding hydrogens is 330 g/mol. The molecule has 0 unspecified atom stereocenters. The highest BCUT2D eigenvalue weighted by Crippen LogP contribution is 2.11. The minimum absolute atomic E-state index is 0.844. The molecule has 1 rings (SSSR count).